The van der Waals surface area contributed by atoms with Crippen LogP contribution in [-0.2, 0) is 6.54 Å². The SMILES string of the molecule is N#CC1CNCCN1Cc1sc2ccccc2c1Cl. The van der Waals surface area contributed by atoms with Gasteiger partial charge in [0.15, 0.2) is 0 Å². The second-order valence-corrected chi connectivity index (χ2v) is 6.17. The molecule has 98 valence electrons. The minimum Gasteiger partial charge on any atom is -0.313 e. The van der Waals surface area contributed by atoms with Crippen LogP contribution in [0.2, 0.25) is 5.02 Å². The van der Waals surface area contributed by atoms with Crippen molar-refractivity contribution in [1.82, 2.24) is 10.2 Å². The third kappa shape index (κ3) is 2.47. The van der Waals surface area contributed by atoms with Gasteiger partial charge in [0.05, 0.1) is 11.1 Å². The molecule has 2 heterocycles. The maximum Gasteiger partial charge on any atom is 0.111 e. The molecule has 1 aliphatic heterocycles. The number of halogens is 1. The molecule has 2 aromatic rings. The first-order valence-corrected chi connectivity index (χ1v) is 7.49. The Labute approximate surface area is 121 Å². The number of hydrogen-bond acceptors (Lipinski definition) is 4. The summed E-state index contributed by atoms with van der Waals surface area (Å²) in [5, 5.41) is 14.4. The van der Waals surface area contributed by atoms with Crippen molar-refractivity contribution in [3.8, 4) is 6.07 Å². The lowest BCUT2D eigenvalue weighted by molar-refractivity contribution is 0.191. The van der Waals surface area contributed by atoms with Gasteiger partial charge in [0, 0.05) is 41.1 Å². The number of thiophene rings is 1. The van der Waals surface area contributed by atoms with E-state index in [1.807, 2.05) is 12.1 Å². The number of nitrogens with one attached hydrogen (secondary N) is 1. The number of fused-ring (bicyclic) bond motifs is 1. The molecule has 3 rings (SSSR count). The van der Waals surface area contributed by atoms with E-state index >= 15 is 0 Å². The molecular formula is C14H14ClN3S. The fraction of sp³-hybridized carbons (Fsp3) is 0.357. The molecule has 0 bridgehead atoms. The number of nitrogens with zero attached hydrogens (tertiary/aromatic N) is 2. The molecule has 1 fully saturated rings. The van der Waals surface area contributed by atoms with E-state index in [0.717, 1.165) is 41.5 Å². The molecule has 1 unspecified atom stereocenters. The number of hydrogen-bond donors (Lipinski definition) is 1. The van der Waals surface area contributed by atoms with Crippen LogP contribution >= 0.6 is 22.9 Å². The standard InChI is InChI=1S/C14H14ClN3S/c15-14-11-3-1-2-4-12(11)19-13(14)9-18-6-5-17-8-10(18)7-16/h1-4,10,17H,5-6,8-9H2. The van der Waals surface area contributed by atoms with Crippen molar-refractivity contribution in [3.63, 3.8) is 0 Å². The second kappa shape index (κ2) is 5.48. The van der Waals surface area contributed by atoms with Gasteiger partial charge in [-0.1, -0.05) is 29.8 Å². The van der Waals surface area contributed by atoms with Crippen LogP contribution in [0.25, 0.3) is 10.1 Å². The third-order valence-corrected chi connectivity index (χ3v) is 5.15. The molecular weight excluding hydrogens is 278 g/mol. The van der Waals surface area contributed by atoms with Crippen LogP contribution in [0.5, 0.6) is 0 Å². The monoisotopic (exact) mass is 291 g/mol. The van der Waals surface area contributed by atoms with E-state index in [4.69, 9.17) is 11.6 Å². The fourth-order valence-electron chi connectivity index (χ4n) is 2.41. The number of piperazine rings is 1. The number of nitriles is 1. The zero-order valence-electron chi connectivity index (χ0n) is 10.4. The van der Waals surface area contributed by atoms with Gasteiger partial charge in [-0.05, 0) is 6.07 Å². The van der Waals surface area contributed by atoms with Crippen molar-refractivity contribution in [2.45, 2.75) is 12.6 Å². The van der Waals surface area contributed by atoms with Crippen molar-refractivity contribution < 1.29 is 0 Å². The molecule has 1 atom stereocenters. The minimum absolute atomic E-state index is 0.0602. The zero-order valence-corrected chi connectivity index (χ0v) is 12.0. The van der Waals surface area contributed by atoms with Crippen molar-refractivity contribution >= 4 is 33.0 Å². The fourth-order valence-corrected chi connectivity index (χ4v) is 3.93. The first-order chi connectivity index (χ1) is 9.29. The molecule has 3 nitrogen and oxygen atoms in total. The lowest BCUT2D eigenvalue weighted by atomic mass is 10.2. The summed E-state index contributed by atoms with van der Waals surface area (Å²) in [7, 11) is 0. The van der Waals surface area contributed by atoms with Gasteiger partial charge >= 0.3 is 0 Å². The lowest BCUT2D eigenvalue weighted by Crippen LogP contribution is -2.49. The van der Waals surface area contributed by atoms with E-state index in [1.165, 1.54) is 4.70 Å². The van der Waals surface area contributed by atoms with Crippen LogP contribution in [0.4, 0.5) is 0 Å². The van der Waals surface area contributed by atoms with E-state index < -0.39 is 0 Å². The summed E-state index contributed by atoms with van der Waals surface area (Å²) in [5.41, 5.74) is 0. The van der Waals surface area contributed by atoms with E-state index in [2.05, 4.69) is 28.4 Å². The Balaban J connectivity index is 1.88. The topological polar surface area (TPSA) is 39.1 Å². The molecule has 0 amide bonds. The first-order valence-electron chi connectivity index (χ1n) is 6.30. The van der Waals surface area contributed by atoms with Crippen molar-refractivity contribution in [1.29, 1.82) is 5.26 Å². The Bertz CT molecular complexity index is 631. The number of benzene rings is 1. The Kier molecular flexibility index (Phi) is 3.72. The molecule has 1 N–H and O–H groups in total. The Hall–Kier alpha value is -1.12. The van der Waals surface area contributed by atoms with Gasteiger partial charge in [-0.2, -0.15) is 5.26 Å². The van der Waals surface area contributed by atoms with Gasteiger partial charge in [-0.25, -0.2) is 0 Å². The molecule has 0 radical (unpaired) electrons. The normalized spacial score (nSPS) is 20.5. The second-order valence-electron chi connectivity index (χ2n) is 4.65. The molecule has 1 aromatic carbocycles. The predicted molar refractivity (Wildman–Crippen MR) is 79.5 cm³/mol. The predicted octanol–water partition coefficient (Wildman–Crippen LogP) is 2.85. The summed E-state index contributed by atoms with van der Waals surface area (Å²) in [6, 6.07) is 10.5. The average Bonchev–Trinajstić information content (AvgIpc) is 2.77. The van der Waals surface area contributed by atoms with Gasteiger partial charge in [0.1, 0.15) is 6.04 Å². The molecule has 1 aromatic heterocycles. The third-order valence-electron chi connectivity index (χ3n) is 3.45. The maximum atomic E-state index is 9.19. The molecule has 1 saturated heterocycles. The highest BCUT2D eigenvalue weighted by Gasteiger charge is 2.23. The summed E-state index contributed by atoms with van der Waals surface area (Å²) < 4.78 is 1.21. The summed E-state index contributed by atoms with van der Waals surface area (Å²) in [6.45, 7) is 3.32. The van der Waals surface area contributed by atoms with E-state index in [9.17, 15) is 5.26 Å². The molecule has 0 spiro atoms. The van der Waals surface area contributed by atoms with Crippen LogP contribution in [0.3, 0.4) is 0 Å². The van der Waals surface area contributed by atoms with Crippen LogP contribution in [0.1, 0.15) is 4.88 Å². The summed E-state index contributed by atoms with van der Waals surface area (Å²) in [6.07, 6.45) is 0. The van der Waals surface area contributed by atoms with Gasteiger partial charge in [-0.15, -0.1) is 11.3 Å². The van der Waals surface area contributed by atoms with Crippen molar-refractivity contribution in [2.24, 2.45) is 0 Å². The van der Waals surface area contributed by atoms with Crippen LogP contribution in [0, 0.1) is 11.3 Å². The molecule has 0 aliphatic carbocycles. The Morgan fingerprint density at radius 2 is 2.32 bits per heavy atom. The summed E-state index contributed by atoms with van der Waals surface area (Å²) in [4.78, 5) is 3.36. The van der Waals surface area contributed by atoms with E-state index in [-0.39, 0.29) is 6.04 Å². The molecule has 0 saturated carbocycles. The minimum atomic E-state index is -0.0602. The van der Waals surface area contributed by atoms with E-state index in [0.29, 0.717) is 0 Å². The van der Waals surface area contributed by atoms with Gasteiger partial charge in [0.2, 0.25) is 0 Å². The first kappa shape index (κ1) is 12.9. The van der Waals surface area contributed by atoms with Crippen LogP contribution in [-0.4, -0.2) is 30.6 Å². The zero-order chi connectivity index (χ0) is 13.2. The average molecular weight is 292 g/mol. The largest absolute Gasteiger partial charge is 0.313 e. The molecule has 1 aliphatic rings. The van der Waals surface area contributed by atoms with Crippen LogP contribution < -0.4 is 5.32 Å². The summed E-state index contributed by atoms with van der Waals surface area (Å²) in [5.74, 6) is 0. The molecule has 19 heavy (non-hydrogen) atoms. The van der Waals surface area contributed by atoms with Gasteiger partial charge in [0.25, 0.3) is 0 Å². The number of rotatable bonds is 2. The van der Waals surface area contributed by atoms with Crippen molar-refractivity contribution in [3.05, 3.63) is 34.2 Å². The Morgan fingerprint density at radius 3 is 3.11 bits per heavy atom. The van der Waals surface area contributed by atoms with Crippen molar-refractivity contribution in [2.75, 3.05) is 19.6 Å². The van der Waals surface area contributed by atoms with Crippen LogP contribution in [0.15, 0.2) is 24.3 Å². The summed E-state index contributed by atoms with van der Waals surface area (Å²) >= 11 is 8.18. The quantitative estimate of drug-likeness (QED) is 0.925. The Morgan fingerprint density at radius 1 is 1.47 bits per heavy atom. The van der Waals surface area contributed by atoms with E-state index in [1.54, 1.807) is 11.3 Å². The lowest BCUT2D eigenvalue weighted by Gasteiger charge is -2.31. The van der Waals surface area contributed by atoms with Gasteiger partial charge < -0.3 is 5.32 Å². The molecule has 5 heteroatoms. The highest BCUT2D eigenvalue weighted by molar-refractivity contribution is 7.19. The maximum absolute atomic E-state index is 9.19. The highest BCUT2D eigenvalue weighted by atomic mass is 35.5. The smallest absolute Gasteiger partial charge is 0.111 e. The van der Waals surface area contributed by atoms with Gasteiger partial charge in [-0.3, -0.25) is 4.90 Å². The highest BCUT2D eigenvalue weighted by Crippen LogP contribution is 2.36.